The van der Waals surface area contributed by atoms with E-state index in [1.54, 1.807) is 25.5 Å². The lowest BCUT2D eigenvalue weighted by Crippen LogP contribution is -2.17. The van der Waals surface area contributed by atoms with Gasteiger partial charge in [0.25, 0.3) is 5.91 Å². The molecule has 7 heteroatoms. The number of nitrogens with zero attached hydrogens (tertiary/aromatic N) is 2. The molecule has 7 nitrogen and oxygen atoms in total. The first kappa shape index (κ1) is 20.6. The van der Waals surface area contributed by atoms with Crippen LogP contribution >= 0.6 is 0 Å². The standard InChI is InChI=1S/C26H24N4O3/c1-16-17(2)30(15-18-9-8-14-33-18)25(29-26(31)19-10-4-7-13-22(19)32-3)23(16)24-27-20-11-5-6-12-21(20)28-24/h4-14H,15H2,1-3H3,(H,27,28)(H,29,31). The van der Waals surface area contributed by atoms with Gasteiger partial charge in [-0.1, -0.05) is 24.3 Å². The lowest BCUT2D eigenvalue weighted by Gasteiger charge is -2.14. The normalized spacial score (nSPS) is 11.1. The van der Waals surface area contributed by atoms with Crippen LogP contribution in [0.4, 0.5) is 5.82 Å². The molecule has 5 aromatic rings. The van der Waals surface area contributed by atoms with Gasteiger partial charge in [0.1, 0.15) is 23.2 Å². The fourth-order valence-electron chi connectivity index (χ4n) is 4.12. The van der Waals surface area contributed by atoms with E-state index in [0.717, 1.165) is 33.6 Å². The van der Waals surface area contributed by atoms with Crippen LogP contribution in [0.3, 0.4) is 0 Å². The van der Waals surface area contributed by atoms with Crippen LogP contribution in [-0.4, -0.2) is 27.6 Å². The van der Waals surface area contributed by atoms with Crippen LogP contribution in [0.25, 0.3) is 22.4 Å². The maximum atomic E-state index is 13.4. The molecule has 3 heterocycles. The number of H-pyrrole nitrogens is 1. The van der Waals surface area contributed by atoms with Gasteiger partial charge in [-0.3, -0.25) is 4.79 Å². The molecule has 0 radical (unpaired) electrons. The summed E-state index contributed by atoms with van der Waals surface area (Å²) in [6.07, 6.45) is 1.65. The molecule has 1 amide bonds. The first-order valence-corrected chi connectivity index (χ1v) is 10.7. The zero-order valence-electron chi connectivity index (χ0n) is 18.7. The zero-order valence-corrected chi connectivity index (χ0v) is 18.7. The summed E-state index contributed by atoms with van der Waals surface area (Å²) >= 11 is 0. The molecule has 0 bridgehead atoms. The Bertz CT molecular complexity index is 1410. The van der Waals surface area contributed by atoms with Gasteiger partial charge in [0.15, 0.2) is 0 Å². The highest BCUT2D eigenvalue weighted by molar-refractivity contribution is 6.07. The van der Waals surface area contributed by atoms with Gasteiger partial charge in [-0.25, -0.2) is 4.98 Å². The molecule has 33 heavy (non-hydrogen) atoms. The SMILES string of the molecule is COc1ccccc1C(=O)Nc1c(-c2nc3ccccc3[nH]2)c(C)c(C)n1Cc1ccco1. The van der Waals surface area contributed by atoms with E-state index >= 15 is 0 Å². The maximum Gasteiger partial charge on any atom is 0.260 e. The van der Waals surface area contributed by atoms with Crippen molar-refractivity contribution in [3.63, 3.8) is 0 Å². The highest BCUT2D eigenvalue weighted by Crippen LogP contribution is 2.37. The lowest BCUT2D eigenvalue weighted by atomic mass is 10.1. The van der Waals surface area contributed by atoms with Gasteiger partial charge in [0.05, 0.1) is 42.1 Å². The molecule has 2 aromatic carbocycles. The van der Waals surface area contributed by atoms with E-state index in [0.29, 0.717) is 29.5 Å². The van der Waals surface area contributed by atoms with E-state index in [1.807, 2.05) is 66.9 Å². The Morgan fingerprint density at radius 3 is 2.64 bits per heavy atom. The number of rotatable bonds is 6. The van der Waals surface area contributed by atoms with Gasteiger partial charge in [-0.15, -0.1) is 0 Å². The van der Waals surface area contributed by atoms with E-state index in [-0.39, 0.29) is 5.91 Å². The van der Waals surface area contributed by atoms with Crippen molar-refractivity contribution in [2.45, 2.75) is 20.4 Å². The van der Waals surface area contributed by atoms with Crippen LogP contribution in [0, 0.1) is 13.8 Å². The molecule has 0 atom stereocenters. The average molecular weight is 441 g/mol. The highest BCUT2D eigenvalue weighted by Gasteiger charge is 2.25. The van der Waals surface area contributed by atoms with Gasteiger partial charge in [0.2, 0.25) is 0 Å². The number of benzene rings is 2. The van der Waals surface area contributed by atoms with Crippen molar-refractivity contribution in [2.24, 2.45) is 0 Å². The number of methoxy groups -OCH3 is 1. The van der Waals surface area contributed by atoms with Gasteiger partial charge in [-0.2, -0.15) is 0 Å². The Morgan fingerprint density at radius 1 is 1.09 bits per heavy atom. The molecule has 0 unspecified atom stereocenters. The van der Waals surface area contributed by atoms with Crippen LogP contribution in [0.1, 0.15) is 27.4 Å². The molecule has 0 fully saturated rings. The Balaban J connectivity index is 1.66. The minimum absolute atomic E-state index is 0.261. The fraction of sp³-hybridized carbons (Fsp3) is 0.154. The molecule has 0 aliphatic carbocycles. The summed E-state index contributed by atoms with van der Waals surface area (Å²) in [4.78, 5) is 21.6. The largest absolute Gasteiger partial charge is 0.496 e. The minimum Gasteiger partial charge on any atom is -0.496 e. The molecule has 5 rings (SSSR count). The third-order valence-electron chi connectivity index (χ3n) is 5.93. The van der Waals surface area contributed by atoms with Crippen LogP contribution in [0.15, 0.2) is 71.3 Å². The van der Waals surface area contributed by atoms with Gasteiger partial charge >= 0.3 is 0 Å². The number of fused-ring (bicyclic) bond motifs is 1. The van der Waals surface area contributed by atoms with Gasteiger partial charge < -0.3 is 24.0 Å². The number of imidazole rings is 1. The van der Waals surface area contributed by atoms with Crippen LogP contribution in [0.2, 0.25) is 0 Å². The number of furan rings is 1. The zero-order chi connectivity index (χ0) is 22.9. The Morgan fingerprint density at radius 2 is 1.88 bits per heavy atom. The Labute approximate surface area is 191 Å². The van der Waals surface area contributed by atoms with Crippen molar-refractivity contribution >= 4 is 22.8 Å². The van der Waals surface area contributed by atoms with Crippen molar-refractivity contribution < 1.29 is 13.9 Å². The molecule has 166 valence electrons. The van der Waals surface area contributed by atoms with Crippen LogP contribution in [-0.2, 0) is 6.54 Å². The number of aromatic nitrogens is 3. The minimum atomic E-state index is -0.261. The molecule has 0 spiro atoms. The molecule has 0 saturated heterocycles. The van der Waals surface area contributed by atoms with Crippen molar-refractivity contribution in [1.29, 1.82) is 0 Å². The van der Waals surface area contributed by atoms with E-state index in [2.05, 4.69) is 10.3 Å². The highest BCUT2D eigenvalue weighted by atomic mass is 16.5. The lowest BCUT2D eigenvalue weighted by molar-refractivity contribution is 0.102. The van der Waals surface area contributed by atoms with E-state index < -0.39 is 0 Å². The summed E-state index contributed by atoms with van der Waals surface area (Å²) in [5.41, 5.74) is 5.14. The number of carbonyl (C=O) groups is 1. The van der Waals surface area contributed by atoms with Crippen molar-refractivity contribution in [1.82, 2.24) is 14.5 Å². The quantitative estimate of drug-likeness (QED) is 0.362. The number of amides is 1. The predicted octanol–water partition coefficient (Wildman–Crippen LogP) is 5.55. The van der Waals surface area contributed by atoms with E-state index in [9.17, 15) is 4.79 Å². The summed E-state index contributed by atoms with van der Waals surface area (Å²) < 4.78 is 13.0. The number of aromatic amines is 1. The summed E-state index contributed by atoms with van der Waals surface area (Å²) in [7, 11) is 1.56. The van der Waals surface area contributed by atoms with Gasteiger partial charge in [-0.05, 0) is 55.8 Å². The number of anilines is 1. The third-order valence-corrected chi connectivity index (χ3v) is 5.93. The molecule has 0 aliphatic heterocycles. The molecule has 2 N–H and O–H groups in total. The fourth-order valence-corrected chi connectivity index (χ4v) is 4.12. The first-order chi connectivity index (χ1) is 16.1. The number of para-hydroxylation sites is 3. The molecule has 3 aromatic heterocycles. The van der Waals surface area contributed by atoms with Crippen molar-refractivity contribution in [3.8, 4) is 17.1 Å². The summed E-state index contributed by atoms with van der Waals surface area (Å²) in [5, 5.41) is 3.13. The Kier molecular flexibility index (Phi) is 5.22. The van der Waals surface area contributed by atoms with E-state index in [1.165, 1.54) is 0 Å². The first-order valence-electron chi connectivity index (χ1n) is 10.7. The summed E-state index contributed by atoms with van der Waals surface area (Å²) in [5.74, 6) is 2.39. The number of hydrogen-bond donors (Lipinski definition) is 2. The number of nitrogens with one attached hydrogen (secondary N) is 2. The van der Waals surface area contributed by atoms with E-state index in [4.69, 9.17) is 14.1 Å². The van der Waals surface area contributed by atoms with Crippen molar-refractivity contribution in [3.05, 3.63) is 89.5 Å². The molecular formula is C26H24N4O3. The molecular weight excluding hydrogens is 416 g/mol. The maximum absolute atomic E-state index is 13.4. The van der Waals surface area contributed by atoms with Crippen molar-refractivity contribution in [2.75, 3.05) is 12.4 Å². The second kappa shape index (κ2) is 8.35. The third kappa shape index (κ3) is 3.67. The number of ether oxygens (including phenoxy) is 1. The second-order valence-corrected chi connectivity index (χ2v) is 7.86. The number of carbonyl (C=O) groups excluding carboxylic acids is 1. The van der Waals surface area contributed by atoms with Crippen LogP contribution < -0.4 is 10.1 Å². The number of hydrogen-bond acceptors (Lipinski definition) is 4. The van der Waals surface area contributed by atoms with Crippen LogP contribution in [0.5, 0.6) is 5.75 Å². The second-order valence-electron chi connectivity index (χ2n) is 7.86. The summed E-state index contributed by atoms with van der Waals surface area (Å²) in [6.45, 7) is 4.54. The molecule has 0 saturated carbocycles. The smallest absolute Gasteiger partial charge is 0.260 e. The molecule has 0 aliphatic rings. The summed E-state index contributed by atoms with van der Waals surface area (Å²) in [6, 6.07) is 18.8. The van der Waals surface area contributed by atoms with Gasteiger partial charge in [0, 0.05) is 5.69 Å². The predicted molar refractivity (Wildman–Crippen MR) is 128 cm³/mol. The monoisotopic (exact) mass is 440 g/mol. The average Bonchev–Trinajstić information content (AvgIpc) is 3.55. The topological polar surface area (TPSA) is 85.1 Å². The Hall–Kier alpha value is -4.26.